The number of hydrogen-bond acceptors (Lipinski definition) is 4. The van der Waals surface area contributed by atoms with Gasteiger partial charge in [-0.15, -0.1) is 0 Å². The zero-order chi connectivity index (χ0) is 18.1. The van der Waals surface area contributed by atoms with Crippen molar-refractivity contribution in [2.75, 3.05) is 26.2 Å². The van der Waals surface area contributed by atoms with Gasteiger partial charge in [0, 0.05) is 19.6 Å². The maximum atomic E-state index is 12.1. The molecule has 0 spiro atoms. The molecule has 0 atom stereocenters. The van der Waals surface area contributed by atoms with E-state index in [-0.39, 0.29) is 18.2 Å². The molecule has 6 heteroatoms. The van der Waals surface area contributed by atoms with Crippen LogP contribution in [0, 0.1) is 17.2 Å². The Hall–Kier alpha value is -2.55. The maximum Gasteiger partial charge on any atom is 0.236 e. The number of hydrogen-bond donors (Lipinski definition) is 1. The van der Waals surface area contributed by atoms with E-state index in [0.29, 0.717) is 38.6 Å². The Bertz CT molecular complexity index is 614. The van der Waals surface area contributed by atoms with E-state index in [0.717, 1.165) is 24.2 Å². The topological polar surface area (TPSA) is 82.4 Å². The molecule has 0 saturated carbocycles. The van der Waals surface area contributed by atoms with Crippen LogP contribution in [0.25, 0.3) is 0 Å². The van der Waals surface area contributed by atoms with Crippen molar-refractivity contribution < 1.29 is 14.3 Å². The van der Waals surface area contributed by atoms with Crippen LogP contribution in [-0.2, 0) is 16.0 Å². The Labute approximate surface area is 148 Å². The second-order valence-corrected chi connectivity index (χ2v) is 6.22. The lowest BCUT2D eigenvalue weighted by atomic mass is 9.96. The highest BCUT2D eigenvalue weighted by Gasteiger charge is 2.22. The maximum absolute atomic E-state index is 12.1. The van der Waals surface area contributed by atoms with Crippen LogP contribution in [0.15, 0.2) is 24.3 Å². The highest BCUT2D eigenvalue weighted by molar-refractivity contribution is 5.79. The number of benzene rings is 1. The fourth-order valence-electron chi connectivity index (χ4n) is 2.94. The number of piperidine rings is 1. The molecule has 1 saturated heterocycles. The number of ether oxygens (including phenoxy) is 1. The number of likely N-dealkylation sites (tertiary alicyclic amines) is 1. The average Bonchev–Trinajstić information content (AvgIpc) is 2.62. The zero-order valence-corrected chi connectivity index (χ0v) is 14.7. The van der Waals surface area contributed by atoms with Crippen molar-refractivity contribution in [3.63, 3.8) is 0 Å². The Morgan fingerprint density at radius 2 is 1.96 bits per heavy atom. The molecular formula is C19H25N3O3. The quantitative estimate of drug-likeness (QED) is 0.820. The molecule has 25 heavy (non-hydrogen) atoms. The molecular weight excluding hydrogens is 318 g/mol. The molecule has 6 nitrogen and oxygen atoms in total. The number of amides is 2. The molecule has 1 fully saturated rings. The van der Waals surface area contributed by atoms with E-state index < -0.39 is 0 Å². The SMILES string of the molecule is CCOc1ccc(CC(=O)NCC2CCN(C(=O)CC#N)CC2)cc1. The number of nitrogens with one attached hydrogen (secondary N) is 1. The van der Waals surface area contributed by atoms with Gasteiger partial charge in [0.2, 0.25) is 11.8 Å². The average molecular weight is 343 g/mol. The highest BCUT2D eigenvalue weighted by atomic mass is 16.5. The van der Waals surface area contributed by atoms with Gasteiger partial charge in [0.1, 0.15) is 12.2 Å². The number of nitrogens with zero attached hydrogens (tertiary/aromatic N) is 2. The van der Waals surface area contributed by atoms with Crippen LogP contribution in [0.3, 0.4) is 0 Å². The fourth-order valence-corrected chi connectivity index (χ4v) is 2.94. The predicted molar refractivity (Wildman–Crippen MR) is 93.9 cm³/mol. The second kappa shape index (κ2) is 9.67. The summed E-state index contributed by atoms with van der Waals surface area (Å²) in [7, 11) is 0. The van der Waals surface area contributed by atoms with Crippen LogP contribution in [0.1, 0.15) is 31.7 Å². The van der Waals surface area contributed by atoms with E-state index in [2.05, 4.69) is 5.32 Å². The van der Waals surface area contributed by atoms with Gasteiger partial charge in [-0.3, -0.25) is 9.59 Å². The molecule has 1 heterocycles. The van der Waals surface area contributed by atoms with Crippen molar-refractivity contribution in [2.45, 2.75) is 32.6 Å². The lowest BCUT2D eigenvalue weighted by molar-refractivity contribution is -0.131. The molecule has 1 aromatic carbocycles. The van der Waals surface area contributed by atoms with E-state index in [1.165, 1.54) is 0 Å². The van der Waals surface area contributed by atoms with Crippen molar-refractivity contribution in [2.24, 2.45) is 5.92 Å². The summed E-state index contributed by atoms with van der Waals surface area (Å²) in [5.41, 5.74) is 0.956. The third-order valence-corrected chi connectivity index (χ3v) is 4.38. The molecule has 0 unspecified atom stereocenters. The fraction of sp³-hybridized carbons (Fsp3) is 0.526. The summed E-state index contributed by atoms with van der Waals surface area (Å²) in [4.78, 5) is 25.5. The molecule has 0 aromatic heterocycles. The number of carbonyl (C=O) groups is 2. The third kappa shape index (κ3) is 6.11. The van der Waals surface area contributed by atoms with Gasteiger partial charge >= 0.3 is 0 Å². The van der Waals surface area contributed by atoms with Crippen LogP contribution < -0.4 is 10.1 Å². The minimum Gasteiger partial charge on any atom is -0.494 e. The van der Waals surface area contributed by atoms with Gasteiger partial charge in [0.25, 0.3) is 0 Å². The van der Waals surface area contributed by atoms with E-state index in [9.17, 15) is 9.59 Å². The predicted octanol–water partition coefficient (Wildman–Crippen LogP) is 1.90. The van der Waals surface area contributed by atoms with Crippen LogP contribution in [-0.4, -0.2) is 43.0 Å². The molecule has 0 radical (unpaired) electrons. The first-order valence-electron chi connectivity index (χ1n) is 8.75. The summed E-state index contributed by atoms with van der Waals surface area (Å²) in [5, 5.41) is 11.6. The zero-order valence-electron chi connectivity index (χ0n) is 14.7. The van der Waals surface area contributed by atoms with Crippen molar-refractivity contribution >= 4 is 11.8 Å². The summed E-state index contributed by atoms with van der Waals surface area (Å²) >= 11 is 0. The summed E-state index contributed by atoms with van der Waals surface area (Å²) < 4.78 is 5.39. The summed E-state index contributed by atoms with van der Waals surface area (Å²) in [6.45, 7) is 4.53. The van der Waals surface area contributed by atoms with E-state index in [4.69, 9.17) is 10.00 Å². The molecule has 2 amide bonds. The lowest BCUT2D eigenvalue weighted by Crippen LogP contribution is -2.41. The van der Waals surface area contributed by atoms with Crippen molar-refractivity contribution in [1.82, 2.24) is 10.2 Å². The number of nitriles is 1. The summed E-state index contributed by atoms with van der Waals surface area (Å²) in [6.07, 6.45) is 2.02. The molecule has 1 aliphatic heterocycles. The first-order chi connectivity index (χ1) is 12.1. The van der Waals surface area contributed by atoms with E-state index in [1.807, 2.05) is 37.3 Å². The highest BCUT2D eigenvalue weighted by Crippen LogP contribution is 2.17. The molecule has 134 valence electrons. The minimum absolute atomic E-state index is 0.00662. The molecule has 1 N–H and O–H groups in total. The van der Waals surface area contributed by atoms with E-state index >= 15 is 0 Å². The van der Waals surface area contributed by atoms with Crippen LogP contribution >= 0.6 is 0 Å². The molecule has 2 rings (SSSR count). The minimum atomic E-state index is -0.0968. The smallest absolute Gasteiger partial charge is 0.236 e. The largest absolute Gasteiger partial charge is 0.494 e. The molecule has 1 aromatic rings. The van der Waals surface area contributed by atoms with Crippen LogP contribution in [0.4, 0.5) is 0 Å². The molecule has 1 aliphatic rings. The standard InChI is InChI=1S/C19H25N3O3/c1-2-25-17-5-3-15(4-6-17)13-18(23)21-14-16-8-11-22(12-9-16)19(24)7-10-20/h3-6,16H,2,7-9,11-14H2,1H3,(H,21,23). The van der Waals surface area contributed by atoms with Gasteiger partial charge in [-0.2, -0.15) is 5.26 Å². The first-order valence-corrected chi connectivity index (χ1v) is 8.75. The van der Waals surface area contributed by atoms with Crippen LogP contribution in [0.5, 0.6) is 5.75 Å². The molecule has 0 aliphatic carbocycles. The van der Waals surface area contributed by atoms with Crippen molar-refractivity contribution in [3.05, 3.63) is 29.8 Å². The normalized spacial score (nSPS) is 14.6. The van der Waals surface area contributed by atoms with Gasteiger partial charge in [-0.25, -0.2) is 0 Å². The van der Waals surface area contributed by atoms with Crippen molar-refractivity contribution in [1.29, 1.82) is 5.26 Å². The number of rotatable bonds is 7. The van der Waals surface area contributed by atoms with E-state index in [1.54, 1.807) is 4.90 Å². The summed E-state index contributed by atoms with van der Waals surface area (Å²) in [5.74, 6) is 1.10. The monoisotopic (exact) mass is 343 g/mol. The Morgan fingerprint density at radius 1 is 1.28 bits per heavy atom. The third-order valence-electron chi connectivity index (χ3n) is 4.38. The first kappa shape index (κ1) is 18.8. The Balaban J connectivity index is 1.69. The van der Waals surface area contributed by atoms with Gasteiger partial charge < -0.3 is 15.0 Å². The van der Waals surface area contributed by atoms with Gasteiger partial charge in [-0.05, 0) is 43.4 Å². The van der Waals surface area contributed by atoms with Gasteiger partial charge in [-0.1, -0.05) is 12.1 Å². The molecule has 0 bridgehead atoms. The lowest BCUT2D eigenvalue weighted by Gasteiger charge is -2.31. The van der Waals surface area contributed by atoms with Gasteiger partial charge in [0.15, 0.2) is 0 Å². The Kier molecular flexibility index (Phi) is 7.27. The van der Waals surface area contributed by atoms with Gasteiger partial charge in [0.05, 0.1) is 19.1 Å². The van der Waals surface area contributed by atoms with Crippen LogP contribution in [0.2, 0.25) is 0 Å². The Morgan fingerprint density at radius 3 is 2.56 bits per heavy atom. The summed E-state index contributed by atoms with van der Waals surface area (Å²) in [6, 6.07) is 9.46. The number of carbonyl (C=O) groups excluding carboxylic acids is 2. The second-order valence-electron chi connectivity index (χ2n) is 6.22. The van der Waals surface area contributed by atoms with Crippen molar-refractivity contribution in [3.8, 4) is 11.8 Å².